The van der Waals surface area contributed by atoms with Crippen molar-refractivity contribution in [3.63, 3.8) is 0 Å². The fourth-order valence-corrected chi connectivity index (χ4v) is 2.66. The molecule has 1 amide bonds. The fraction of sp³-hybridized carbons (Fsp3) is 0.0526. The highest BCUT2D eigenvalue weighted by Gasteiger charge is 2.11. The molecule has 8 heteroatoms. The van der Waals surface area contributed by atoms with Crippen molar-refractivity contribution in [1.29, 1.82) is 0 Å². The van der Waals surface area contributed by atoms with E-state index in [2.05, 4.69) is 20.6 Å². The molecular formula is C19H15N5O3. The summed E-state index contributed by atoms with van der Waals surface area (Å²) >= 11 is 0. The summed E-state index contributed by atoms with van der Waals surface area (Å²) in [5, 5.41) is 5.55. The number of hydrogen-bond donors (Lipinski definition) is 2. The van der Waals surface area contributed by atoms with Gasteiger partial charge in [-0.2, -0.15) is 0 Å². The van der Waals surface area contributed by atoms with Gasteiger partial charge in [-0.25, -0.2) is 9.97 Å². The van der Waals surface area contributed by atoms with E-state index in [9.17, 15) is 9.59 Å². The van der Waals surface area contributed by atoms with Crippen LogP contribution in [-0.4, -0.2) is 20.4 Å². The van der Waals surface area contributed by atoms with E-state index in [-0.39, 0.29) is 23.3 Å². The lowest BCUT2D eigenvalue weighted by molar-refractivity contribution is 0.102. The Kier molecular flexibility index (Phi) is 4.13. The lowest BCUT2D eigenvalue weighted by Crippen LogP contribution is -2.21. The summed E-state index contributed by atoms with van der Waals surface area (Å²) in [6.07, 6.45) is 2.82. The molecule has 4 rings (SSSR count). The van der Waals surface area contributed by atoms with E-state index in [0.29, 0.717) is 16.8 Å². The number of fused-ring (bicyclic) bond motifs is 1. The Labute approximate surface area is 153 Å². The molecule has 134 valence electrons. The predicted molar refractivity (Wildman–Crippen MR) is 101 cm³/mol. The van der Waals surface area contributed by atoms with Gasteiger partial charge in [0.25, 0.3) is 11.5 Å². The van der Waals surface area contributed by atoms with Gasteiger partial charge in [0, 0.05) is 18.3 Å². The first-order chi connectivity index (χ1) is 13.1. The van der Waals surface area contributed by atoms with E-state index in [4.69, 9.17) is 4.42 Å². The highest BCUT2D eigenvalue weighted by atomic mass is 16.4. The molecule has 0 spiro atoms. The quantitative estimate of drug-likeness (QED) is 0.579. The maximum atomic E-state index is 12.5. The number of nitrogens with one attached hydrogen (secondary N) is 2. The zero-order valence-electron chi connectivity index (χ0n) is 14.3. The van der Waals surface area contributed by atoms with Gasteiger partial charge in [0.2, 0.25) is 0 Å². The molecule has 0 unspecified atom stereocenters. The Morgan fingerprint density at radius 3 is 2.63 bits per heavy atom. The van der Waals surface area contributed by atoms with Crippen LogP contribution in [0.4, 0.5) is 17.5 Å². The third kappa shape index (κ3) is 3.28. The highest BCUT2D eigenvalue weighted by Crippen LogP contribution is 2.16. The summed E-state index contributed by atoms with van der Waals surface area (Å²) in [5.74, 6) is -0.128. The van der Waals surface area contributed by atoms with Crippen LogP contribution in [0.15, 0.2) is 70.2 Å². The summed E-state index contributed by atoms with van der Waals surface area (Å²) in [6, 6.07) is 14.2. The molecule has 0 fully saturated rings. The van der Waals surface area contributed by atoms with E-state index in [1.807, 2.05) is 24.3 Å². The Morgan fingerprint density at radius 1 is 1.11 bits per heavy atom. The number of aryl methyl sites for hydroxylation is 1. The van der Waals surface area contributed by atoms with Crippen LogP contribution in [0.2, 0.25) is 0 Å². The molecule has 0 atom stereocenters. The number of carbonyl (C=O) groups excluding carboxylic acids is 1. The second-order valence-corrected chi connectivity index (χ2v) is 5.81. The average molecular weight is 361 g/mol. The number of aromatic nitrogens is 3. The van der Waals surface area contributed by atoms with Crippen LogP contribution in [0.5, 0.6) is 0 Å². The van der Waals surface area contributed by atoms with Gasteiger partial charge in [0.1, 0.15) is 6.26 Å². The average Bonchev–Trinajstić information content (AvgIpc) is 3.19. The third-order valence-corrected chi connectivity index (χ3v) is 4.05. The third-order valence-electron chi connectivity index (χ3n) is 4.05. The monoisotopic (exact) mass is 361 g/mol. The molecular weight excluding hydrogens is 346 g/mol. The van der Waals surface area contributed by atoms with Gasteiger partial charge in [0.15, 0.2) is 5.82 Å². The van der Waals surface area contributed by atoms with Crippen LogP contribution < -0.4 is 16.2 Å². The van der Waals surface area contributed by atoms with Crippen LogP contribution in [-0.2, 0) is 7.05 Å². The van der Waals surface area contributed by atoms with Crippen LogP contribution in [0, 0.1) is 0 Å². The SMILES string of the molecule is Cn1c(=O)c(Nc2ccc(C(=O)Nc3ncco3)cc2)nc2ccccc21. The van der Waals surface area contributed by atoms with Gasteiger partial charge >= 0.3 is 6.01 Å². The molecule has 2 N–H and O–H groups in total. The molecule has 0 radical (unpaired) electrons. The van der Waals surface area contributed by atoms with Crippen LogP contribution in [0.3, 0.4) is 0 Å². The number of anilines is 3. The number of benzene rings is 2. The van der Waals surface area contributed by atoms with Gasteiger partial charge < -0.3 is 14.3 Å². The van der Waals surface area contributed by atoms with Crippen molar-refractivity contribution >= 4 is 34.5 Å². The summed E-state index contributed by atoms with van der Waals surface area (Å²) in [4.78, 5) is 32.9. The fourth-order valence-electron chi connectivity index (χ4n) is 2.66. The first-order valence-electron chi connectivity index (χ1n) is 8.15. The standard InChI is InChI=1S/C19H15N5O3/c1-24-15-5-3-2-4-14(15)22-16(18(24)26)21-13-8-6-12(7-9-13)17(25)23-19-20-10-11-27-19/h2-11H,1H3,(H,21,22)(H,20,23,25). The van der Waals surface area contributed by atoms with Crippen molar-refractivity contribution < 1.29 is 9.21 Å². The van der Waals surface area contributed by atoms with Gasteiger partial charge in [0.05, 0.1) is 17.2 Å². The molecule has 0 bridgehead atoms. The van der Waals surface area contributed by atoms with Crippen LogP contribution >= 0.6 is 0 Å². The predicted octanol–water partition coefficient (Wildman–Crippen LogP) is 2.92. The van der Waals surface area contributed by atoms with Crippen molar-refractivity contribution in [3.05, 3.63) is 76.9 Å². The molecule has 0 saturated heterocycles. The van der Waals surface area contributed by atoms with Gasteiger partial charge in [-0.05, 0) is 36.4 Å². The summed E-state index contributed by atoms with van der Waals surface area (Å²) in [5.41, 5.74) is 2.30. The van der Waals surface area contributed by atoms with Gasteiger partial charge in [-0.1, -0.05) is 12.1 Å². The first kappa shape index (κ1) is 16.5. The normalized spacial score (nSPS) is 10.7. The number of hydrogen-bond acceptors (Lipinski definition) is 6. The van der Waals surface area contributed by atoms with Crippen LogP contribution in [0.25, 0.3) is 11.0 Å². The Morgan fingerprint density at radius 2 is 1.89 bits per heavy atom. The first-order valence-corrected chi connectivity index (χ1v) is 8.15. The van der Waals surface area contributed by atoms with Crippen molar-refractivity contribution in [2.24, 2.45) is 7.05 Å². The number of oxazole rings is 1. The molecule has 2 aromatic heterocycles. The largest absolute Gasteiger partial charge is 0.432 e. The van der Waals surface area contributed by atoms with E-state index in [1.165, 1.54) is 12.5 Å². The molecule has 0 saturated carbocycles. The van der Waals surface area contributed by atoms with E-state index >= 15 is 0 Å². The lowest BCUT2D eigenvalue weighted by Gasteiger charge is -2.10. The Hall–Kier alpha value is -3.94. The zero-order chi connectivity index (χ0) is 18.8. The lowest BCUT2D eigenvalue weighted by atomic mass is 10.2. The number of para-hydroxylation sites is 2. The zero-order valence-corrected chi connectivity index (χ0v) is 14.3. The molecule has 27 heavy (non-hydrogen) atoms. The van der Waals surface area contributed by atoms with E-state index in [1.54, 1.807) is 35.9 Å². The summed E-state index contributed by atoms with van der Waals surface area (Å²) in [6.45, 7) is 0. The molecule has 4 aromatic rings. The molecule has 2 heterocycles. The minimum Gasteiger partial charge on any atom is -0.432 e. The van der Waals surface area contributed by atoms with Crippen molar-refractivity contribution in [2.45, 2.75) is 0 Å². The Bertz CT molecular complexity index is 1160. The maximum Gasteiger partial charge on any atom is 0.301 e. The van der Waals surface area contributed by atoms with Crippen molar-refractivity contribution in [3.8, 4) is 0 Å². The topological polar surface area (TPSA) is 102 Å². The maximum absolute atomic E-state index is 12.5. The second kappa shape index (κ2) is 6.75. The number of amides is 1. The minimum absolute atomic E-state index is 0.131. The van der Waals surface area contributed by atoms with Crippen molar-refractivity contribution in [2.75, 3.05) is 10.6 Å². The molecule has 0 aliphatic rings. The second-order valence-electron chi connectivity index (χ2n) is 5.81. The van der Waals surface area contributed by atoms with Gasteiger partial charge in [-0.15, -0.1) is 0 Å². The van der Waals surface area contributed by atoms with Crippen LogP contribution in [0.1, 0.15) is 10.4 Å². The minimum atomic E-state index is -0.344. The molecule has 8 nitrogen and oxygen atoms in total. The number of nitrogens with zero attached hydrogens (tertiary/aromatic N) is 3. The van der Waals surface area contributed by atoms with Gasteiger partial charge in [-0.3, -0.25) is 14.9 Å². The molecule has 0 aliphatic heterocycles. The van der Waals surface area contributed by atoms with E-state index in [0.717, 1.165) is 5.52 Å². The number of rotatable bonds is 4. The highest BCUT2D eigenvalue weighted by molar-refractivity contribution is 6.03. The summed E-state index contributed by atoms with van der Waals surface area (Å²) < 4.78 is 6.53. The number of carbonyl (C=O) groups is 1. The Balaban J connectivity index is 1.57. The molecule has 2 aromatic carbocycles. The van der Waals surface area contributed by atoms with E-state index < -0.39 is 0 Å². The summed E-state index contributed by atoms with van der Waals surface area (Å²) in [7, 11) is 1.70. The smallest absolute Gasteiger partial charge is 0.301 e. The van der Waals surface area contributed by atoms with Crippen molar-refractivity contribution in [1.82, 2.24) is 14.5 Å². The molecule has 0 aliphatic carbocycles.